The fraction of sp³-hybridized carbons (Fsp3) is 0.673. The Morgan fingerprint density at radius 2 is 1.52 bits per heavy atom. The molecule has 0 aliphatic carbocycles. The molecule has 0 aromatic heterocycles. The Balaban J connectivity index is 1.67. The number of carboxylic acid groups (broad SMARTS) is 1. The Kier molecular flexibility index (Phi) is 21.5. The van der Waals surface area contributed by atoms with E-state index >= 15 is 0 Å². The van der Waals surface area contributed by atoms with Gasteiger partial charge in [0.2, 0.25) is 29.5 Å². The first-order valence-corrected chi connectivity index (χ1v) is 23.4. The van der Waals surface area contributed by atoms with E-state index in [9.17, 15) is 43.5 Å². The lowest BCUT2D eigenvalue weighted by Crippen LogP contribution is -2.62. The summed E-state index contributed by atoms with van der Waals surface area (Å²) in [4.78, 5) is 111. The van der Waals surface area contributed by atoms with Crippen molar-refractivity contribution in [2.24, 2.45) is 17.8 Å². The van der Waals surface area contributed by atoms with Gasteiger partial charge in [0.15, 0.2) is 0 Å². The number of carbonyl (C=O) groups is 8. The molecule has 3 rings (SSSR count). The predicted molar refractivity (Wildman–Crippen MR) is 248 cm³/mol. The number of nitrogens with one attached hydrogen (secondary N) is 2. The maximum absolute atomic E-state index is 14.5. The summed E-state index contributed by atoms with van der Waals surface area (Å²) in [5.74, 6) is -4.93. The molecular formula is C49H76N6O11. The van der Waals surface area contributed by atoms with Crippen molar-refractivity contribution in [2.75, 3.05) is 41.4 Å². The average molecular weight is 925 g/mol. The fourth-order valence-corrected chi connectivity index (χ4v) is 8.89. The van der Waals surface area contributed by atoms with Gasteiger partial charge in [-0.25, -0.2) is 4.79 Å². The molecule has 0 saturated carbocycles. The number of hydrogen-bond donors (Lipinski definition) is 3. The minimum Gasteiger partial charge on any atom is -0.480 e. The minimum absolute atomic E-state index is 0.0806. The number of aliphatic carboxylic acids is 1. The van der Waals surface area contributed by atoms with Crippen LogP contribution < -0.4 is 10.6 Å². The molecule has 2 aliphatic rings. The highest BCUT2D eigenvalue weighted by atomic mass is 16.5. The zero-order valence-corrected chi connectivity index (χ0v) is 41.0. The number of likely N-dealkylation sites (tertiary alicyclic amines) is 1. The molecule has 2 heterocycles. The number of amides is 7. The second kappa shape index (κ2) is 25.7. The lowest BCUT2D eigenvalue weighted by molar-refractivity contribution is -0.150. The molecule has 3 N–H and O–H groups in total. The Morgan fingerprint density at radius 1 is 0.894 bits per heavy atom. The van der Waals surface area contributed by atoms with E-state index in [2.05, 4.69) is 10.6 Å². The SMILES string of the molecule is CC[C@H](C)[C@@H]([C@@H](CC(=O)N1CCC[C@H]1[C@H](OC)[C@@H](C)C(=O)N[C@@H](Cc1ccccc1)C(=O)O)OC)N(C)C(=O)[C@@H](NC(=O)C(C)(C)N(C)C(=O)CCCCCCN1C(=O)C=CC1=O)C(C)C. The zero-order chi connectivity index (χ0) is 49.5. The number of methoxy groups -OCH3 is 2. The smallest absolute Gasteiger partial charge is 0.326 e. The molecule has 66 heavy (non-hydrogen) atoms. The van der Waals surface area contributed by atoms with Gasteiger partial charge in [0.05, 0.1) is 36.6 Å². The van der Waals surface area contributed by atoms with E-state index in [1.807, 2.05) is 33.8 Å². The first-order valence-electron chi connectivity index (χ1n) is 23.4. The normalized spacial score (nSPS) is 18.3. The zero-order valence-electron chi connectivity index (χ0n) is 41.0. The monoisotopic (exact) mass is 925 g/mol. The lowest BCUT2D eigenvalue weighted by Gasteiger charge is -2.41. The third-order valence-corrected chi connectivity index (χ3v) is 13.6. The van der Waals surface area contributed by atoms with Gasteiger partial charge in [-0.05, 0) is 56.9 Å². The molecule has 8 atom stereocenters. The van der Waals surface area contributed by atoms with E-state index in [-0.39, 0.29) is 60.6 Å². The van der Waals surface area contributed by atoms with Crippen LogP contribution in [0.2, 0.25) is 0 Å². The summed E-state index contributed by atoms with van der Waals surface area (Å²) in [6.45, 7) is 13.3. The van der Waals surface area contributed by atoms with E-state index in [0.29, 0.717) is 51.6 Å². The lowest BCUT2D eigenvalue weighted by atomic mass is 9.89. The Bertz CT molecular complexity index is 1850. The topological polar surface area (TPSA) is 212 Å². The third kappa shape index (κ3) is 14.4. The Hall–Kier alpha value is -5.16. The number of unbranched alkanes of at least 4 members (excludes halogenated alkanes) is 3. The highest BCUT2D eigenvalue weighted by Gasteiger charge is 2.44. The maximum Gasteiger partial charge on any atom is 0.326 e. The summed E-state index contributed by atoms with van der Waals surface area (Å²) in [5.41, 5.74) is -0.548. The van der Waals surface area contributed by atoms with Gasteiger partial charge in [0.1, 0.15) is 17.6 Å². The van der Waals surface area contributed by atoms with Crippen molar-refractivity contribution >= 4 is 47.3 Å². The number of hydrogen-bond acceptors (Lipinski definition) is 10. The number of ether oxygens (including phenoxy) is 2. The van der Waals surface area contributed by atoms with Gasteiger partial charge in [-0.2, -0.15) is 0 Å². The Labute approximate surface area is 391 Å². The number of nitrogens with zero attached hydrogens (tertiary/aromatic N) is 4. The molecule has 1 aromatic rings. The van der Waals surface area contributed by atoms with Gasteiger partial charge in [-0.15, -0.1) is 0 Å². The van der Waals surface area contributed by atoms with Crippen LogP contribution in [0.3, 0.4) is 0 Å². The summed E-state index contributed by atoms with van der Waals surface area (Å²) < 4.78 is 11.9. The maximum atomic E-state index is 14.5. The van der Waals surface area contributed by atoms with Gasteiger partial charge < -0.3 is 39.9 Å². The predicted octanol–water partition coefficient (Wildman–Crippen LogP) is 3.97. The number of imide groups is 1. The molecule has 7 amide bonds. The highest BCUT2D eigenvalue weighted by Crippen LogP contribution is 2.30. The molecule has 1 aromatic carbocycles. The first-order chi connectivity index (χ1) is 31.1. The third-order valence-electron chi connectivity index (χ3n) is 13.6. The van der Waals surface area contributed by atoms with Crippen LogP contribution in [-0.2, 0) is 54.3 Å². The number of benzene rings is 1. The standard InChI is InChI=1S/C49H76N6O11/c1-12-32(4)43(37(65-10)30-41(59)54-28-20-23-36(54)44(66-11)33(5)45(60)50-35(47(62)63)29-34-21-16-15-17-22-34)52(8)46(61)42(31(2)3)51-48(64)49(6,7)53(9)38(56)24-18-13-14-19-27-55-39(57)25-26-40(55)58/h15-17,21-22,25-26,31-33,35-37,42-44H,12-14,18-20,23-24,27-30H2,1-11H3,(H,50,60)(H,51,64)(H,62,63)/t32-,33+,35-,36-,37+,42-,43-,44+/m0/s1. The molecule has 2 aliphatic heterocycles. The molecule has 17 heteroatoms. The van der Waals surface area contributed by atoms with Gasteiger partial charge in [0.25, 0.3) is 11.8 Å². The summed E-state index contributed by atoms with van der Waals surface area (Å²) >= 11 is 0. The van der Waals surface area contributed by atoms with Crippen LogP contribution >= 0.6 is 0 Å². The number of likely N-dealkylation sites (N-methyl/N-ethyl adjacent to an activating group) is 2. The first kappa shape index (κ1) is 55.2. The second-order valence-corrected chi connectivity index (χ2v) is 18.7. The molecule has 0 spiro atoms. The van der Waals surface area contributed by atoms with Crippen molar-refractivity contribution in [2.45, 2.75) is 155 Å². The number of carboxylic acids is 1. The van der Waals surface area contributed by atoms with Crippen molar-refractivity contribution in [1.82, 2.24) is 30.2 Å². The molecule has 1 fully saturated rings. The van der Waals surface area contributed by atoms with Crippen LogP contribution in [0.25, 0.3) is 0 Å². The highest BCUT2D eigenvalue weighted by molar-refractivity contribution is 6.12. The minimum atomic E-state index is -1.31. The van der Waals surface area contributed by atoms with E-state index < -0.39 is 65.6 Å². The van der Waals surface area contributed by atoms with Crippen LogP contribution in [0.5, 0.6) is 0 Å². The molecule has 0 unspecified atom stereocenters. The molecule has 0 bridgehead atoms. The van der Waals surface area contributed by atoms with E-state index in [4.69, 9.17) is 9.47 Å². The van der Waals surface area contributed by atoms with Crippen LogP contribution in [0, 0.1) is 17.8 Å². The summed E-state index contributed by atoms with van der Waals surface area (Å²) in [6, 6.07) is 5.84. The summed E-state index contributed by atoms with van der Waals surface area (Å²) in [6.07, 6.45) is 5.74. The summed E-state index contributed by atoms with van der Waals surface area (Å²) in [5, 5.41) is 15.5. The van der Waals surface area contributed by atoms with Crippen molar-refractivity contribution in [1.29, 1.82) is 0 Å². The van der Waals surface area contributed by atoms with Crippen LogP contribution in [0.4, 0.5) is 0 Å². The van der Waals surface area contributed by atoms with E-state index in [1.54, 1.807) is 68.9 Å². The van der Waals surface area contributed by atoms with Gasteiger partial charge in [-0.1, -0.05) is 84.2 Å². The van der Waals surface area contributed by atoms with E-state index in [0.717, 1.165) is 12.0 Å². The largest absolute Gasteiger partial charge is 0.480 e. The second-order valence-electron chi connectivity index (χ2n) is 18.7. The van der Waals surface area contributed by atoms with Crippen LogP contribution in [0.1, 0.15) is 112 Å². The average Bonchev–Trinajstić information content (AvgIpc) is 3.90. The quantitative estimate of drug-likeness (QED) is 0.0849. The fourth-order valence-electron chi connectivity index (χ4n) is 8.89. The molecule has 368 valence electrons. The molecule has 1 saturated heterocycles. The van der Waals surface area contributed by atoms with Crippen LogP contribution in [0.15, 0.2) is 42.5 Å². The van der Waals surface area contributed by atoms with Crippen molar-refractivity contribution in [3.05, 3.63) is 48.0 Å². The van der Waals surface area contributed by atoms with Gasteiger partial charge in [-0.3, -0.25) is 38.5 Å². The van der Waals surface area contributed by atoms with E-state index in [1.165, 1.54) is 36.2 Å². The summed E-state index contributed by atoms with van der Waals surface area (Å²) in [7, 11) is 6.19. The molecule has 0 radical (unpaired) electrons. The van der Waals surface area contributed by atoms with Gasteiger partial charge in [0, 0.05) is 66.4 Å². The van der Waals surface area contributed by atoms with Crippen molar-refractivity contribution in [3.63, 3.8) is 0 Å². The number of carbonyl (C=O) groups excluding carboxylic acids is 7. The van der Waals surface area contributed by atoms with Crippen molar-refractivity contribution in [3.8, 4) is 0 Å². The van der Waals surface area contributed by atoms with Crippen molar-refractivity contribution < 1.29 is 52.9 Å². The Morgan fingerprint density at radius 3 is 2.08 bits per heavy atom. The number of rotatable bonds is 27. The van der Waals surface area contributed by atoms with Crippen LogP contribution in [-0.4, -0.2) is 155 Å². The van der Waals surface area contributed by atoms with Gasteiger partial charge >= 0.3 is 5.97 Å². The molecule has 17 nitrogen and oxygen atoms in total. The molecular weight excluding hydrogens is 849 g/mol.